The van der Waals surface area contributed by atoms with Gasteiger partial charge >= 0.3 is 5.97 Å². The third-order valence-corrected chi connectivity index (χ3v) is 7.23. The molecule has 8 heteroatoms. The van der Waals surface area contributed by atoms with Crippen molar-refractivity contribution in [2.24, 2.45) is 0 Å². The van der Waals surface area contributed by atoms with E-state index in [1.165, 1.54) is 35.7 Å². The van der Waals surface area contributed by atoms with Crippen LogP contribution < -0.4 is 0 Å². The number of aliphatic hydroxyl groups excluding tert-OH is 1. The van der Waals surface area contributed by atoms with Crippen molar-refractivity contribution in [3.63, 3.8) is 0 Å². The Morgan fingerprint density at radius 1 is 0.969 bits per heavy atom. The van der Waals surface area contributed by atoms with E-state index >= 15 is 0 Å². The number of esters is 1. The minimum Gasteiger partial charge on any atom is -0.465 e. The number of methoxy groups -OCH3 is 1. The Hall–Kier alpha value is -2.71. The number of carbonyl (C=O) groups is 1. The summed E-state index contributed by atoms with van der Waals surface area (Å²) in [5, 5.41) is 10.6. The Labute approximate surface area is 193 Å². The number of carbonyl (C=O) groups excluding carboxylic acids is 1. The Bertz CT molecular complexity index is 1130. The van der Waals surface area contributed by atoms with Gasteiger partial charge in [-0.05, 0) is 53.9 Å². The van der Waals surface area contributed by atoms with Gasteiger partial charge in [-0.15, -0.1) is 0 Å². The number of benzene rings is 3. The van der Waals surface area contributed by atoms with Gasteiger partial charge in [0.15, 0.2) is 0 Å². The van der Waals surface area contributed by atoms with Gasteiger partial charge in [0.1, 0.15) is 0 Å². The van der Waals surface area contributed by atoms with Gasteiger partial charge in [-0.3, -0.25) is 0 Å². The van der Waals surface area contributed by atoms with Crippen LogP contribution >= 0.6 is 11.6 Å². The molecule has 3 rings (SSSR count). The van der Waals surface area contributed by atoms with Crippen LogP contribution in [0.4, 0.5) is 0 Å². The lowest BCUT2D eigenvalue weighted by molar-refractivity contribution is 0.0600. The molecule has 0 heterocycles. The summed E-state index contributed by atoms with van der Waals surface area (Å²) in [5.41, 5.74) is 1.94. The zero-order valence-corrected chi connectivity index (χ0v) is 19.1. The molecule has 1 N–H and O–H groups in total. The number of hydrogen-bond acceptors (Lipinski definition) is 5. The largest absolute Gasteiger partial charge is 0.465 e. The molecule has 3 aromatic rings. The molecule has 0 aliphatic heterocycles. The summed E-state index contributed by atoms with van der Waals surface area (Å²) in [4.78, 5) is 11.8. The van der Waals surface area contributed by atoms with Crippen LogP contribution in [-0.4, -0.2) is 43.6 Å². The van der Waals surface area contributed by atoms with Gasteiger partial charge in [0.2, 0.25) is 10.0 Å². The quantitative estimate of drug-likeness (QED) is 0.476. The number of nitrogens with zero attached hydrogens (tertiary/aromatic N) is 1. The van der Waals surface area contributed by atoms with E-state index < -0.39 is 22.0 Å². The van der Waals surface area contributed by atoms with Crippen LogP contribution in [0, 0.1) is 0 Å². The number of sulfonamides is 1. The molecule has 168 valence electrons. The molecule has 0 fully saturated rings. The molecule has 0 aromatic heterocycles. The number of hydrogen-bond donors (Lipinski definition) is 1. The first-order chi connectivity index (χ1) is 15.3. The lowest BCUT2D eigenvalue weighted by Crippen LogP contribution is -2.43. The van der Waals surface area contributed by atoms with Crippen LogP contribution in [0.5, 0.6) is 0 Å². The first kappa shape index (κ1) is 23.9. The van der Waals surface area contributed by atoms with Crippen molar-refractivity contribution in [3.8, 4) is 0 Å². The van der Waals surface area contributed by atoms with Gasteiger partial charge in [0, 0.05) is 11.6 Å². The minimum atomic E-state index is -3.96. The van der Waals surface area contributed by atoms with Crippen LogP contribution in [0.3, 0.4) is 0 Å². The molecular formula is C24H24ClNO5S. The Kier molecular flexibility index (Phi) is 8.04. The number of rotatable bonds is 9. The van der Waals surface area contributed by atoms with E-state index in [2.05, 4.69) is 0 Å². The van der Waals surface area contributed by atoms with Gasteiger partial charge < -0.3 is 9.84 Å². The van der Waals surface area contributed by atoms with Gasteiger partial charge in [0.25, 0.3) is 0 Å². The highest BCUT2D eigenvalue weighted by Crippen LogP contribution is 2.24. The third kappa shape index (κ3) is 5.75. The molecule has 0 amide bonds. The van der Waals surface area contributed by atoms with Crippen LogP contribution in [0.15, 0.2) is 83.8 Å². The first-order valence-corrected chi connectivity index (χ1v) is 11.8. The van der Waals surface area contributed by atoms with Crippen molar-refractivity contribution in [2.45, 2.75) is 23.9 Å². The van der Waals surface area contributed by atoms with Gasteiger partial charge in [-0.25, -0.2) is 13.2 Å². The average molecular weight is 474 g/mol. The van der Waals surface area contributed by atoms with E-state index in [4.69, 9.17) is 16.3 Å². The maximum absolute atomic E-state index is 13.6. The van der Waals surface area contributed by atoms with E-state index in [0.717, 1.165) is 5.56 Å². The fraction of sp³-hybridized carbons (Fsp3) is 0.208. The van der Waals surface area contributed by atoms with Crippen molar-refractivity contribution in [1.82, 2.24) is 4.31 Å². The van der Waals surface area contributed by atoms with E-state index in [1.807, 2.05) is 30.3 Å². The van der Waals surface area contributed by atoms with Crippen molar-refractivity contribution in [3.05, 3.63) is 101 Å². The Balaban J connectivity index is 1.97. The van der Waals surface area contributed by atoms with E-state index in [9.17, 15) is 18.3 Å². The van der Waals surface area contributed by atoms with Crippen LogP contribution in [-0.2, 0) is 27.7 Å². The summed E-state index contributed by atoms with van der Waals surface area (Å²) in [5.74, 6) is -0.473. The van der Waals surface area contributed by atoms with Crippen LogP contribution in [0.2, 0.25) is 5.02 Å². The number of ether oxygens (including phenoxy) is 1. The van der Waals surface area contributed by atoms with Gasteiger partial charge in [-0.2, -0.15) is 4.31 Å². The average Bonchev–Trinajstić information content (AvgIpc) is 2.82. The lowest BCUT2D eigenvalue weighted by Gasteiger charge is -2.30. The highest BCUT2D eigenvalue weighted by Gasteiger charge is 2.31. The standard InChI is InChI=1S/C24H24ClNO5S/c1-31-24(28)20-9-7-19(8-10-20)16-26(22(17-27)15-18-5-3-2-4-6-18)32(29,30)23-13-11-21(25)12-14-23/h2-14,22,27H,15-17H2,1H3/t22-/m1/s1. The third-order valence-electron chi connectivity index (χ3n) is 5.07. The van der Waals surface area contributed by atoms with Crippen LogP contribution in [0.1, 0.15) is 21.5 Å². The first-order valence-electron chi connectivity index (χ1n) is 9.94. The van der Waals surface area contributed by atoms with Gasteiger partial charge in [0.05, 0.1) is 30.2 Å². The van der Waals surface area contributed by atoms with Crippen molar-refractivity contribution in [2.75, 3.05) is 13.7 Å². The summed E-state index contributed by atoms with van der Waals surface area (Å²) < 4.78 is 33.1. The van der Waals surface area contributed by atoms with Crippen LogP contribution in [0.25, 0.3) is 0 Å². The zero-order valence-electron chi connectivity index (χ0n) is 17.5. The second-order valence-electron chi connectivity index (χ2n) is 7.22. The maximum Gasteiger partial charge on any atom is 0.337 e. The molecule has 32 heavy (non-hydrogen) atoms. The Morgan fingerprint density at radius 3 is 2.16 bits per heavy atom. The van der Waals surface area contributed by atoms with E-state index in [-0.39, 0.29) is 18.0 Å². The predicted molar refractivity (Wildman–Crippen MR) is 123 cm³/mol. The van der Waals surface area contributed by atoms with Crippen molar-refractivity contribution < 1.29 is 23.1 Å². The van der Waals surface area contributed by atoms with Crippen molar-refractivity contribution >= 4 is 27.6 Å². The van der Waals surface area contributed by atoms with Crippen molar-refractivity contribution in [1.29, 1.82) is 0 Å². The summed E-state index contributed by atoms with van der Waals surface area (Å²) in [7, 11) is -2.66. The predicted octanol–water partition coefficient (Wildman–Crippen LogP) is 3.92. The molecule has 0 aliphatic carbocycles. The lowest BCUT2D eigenvalue weighted by atomic mass is 10.1. The van der Waals surface area contributed by atoms with E-state index in [0.29, 0.717) is 22.6 Å². The second-order valence-corrected chi connectivity index (χ2v) is 9.55. The number of halogens is 1. The molecule has 0 spiro atoms. The smallest absolute Gasteiger partial charge is 0.337 e. The molecule has 0 radical (unpaired) electrons. The maximum atomic E-state index is 13.6. The SMILES string of the molecule is COC(=O)c1ccc(CN([C@@H](CO)Cc2ccccc2)S(=O)(=O)c2ccc(Cl)cc2)cc1. The summed E-state index contributed by atoms with van der Waals surface area (Å²) in [6, 6.07) is 21.1. The molecule has 0 saturated heterocycles. The van der Waals surface area contributed by atoms with Gasteiger partial charge in [-0.1, -0.05) is 54.1 Å². The normalized spacial score (nSPS) is 12.5. The summed E-state index contributed by atoms with van der Waals surface area (Å²) in [6.45, 7) is -0.341. The van der Waals surface area contributed by atoms with E-state index in [1.54, 1.807) is 24.3 Å². The Morgan fingerprint density at radius 2 is 1.59 bits per heavy atom. The fourth-order valence-corrected chi connectivity index (χ4v) is 5.07. The topological polar surface area (TPSA) is 83.9 Å². The highest BCUT2D eigenvalue weighted by molar-refractivity contribution is 7.89. The molecule has 1 atom stereocenters. The molecule has 6 nitrogen and oxygen atoms in total. The highest BCUT2D eigenvalue weighted by atomic mass is 35.5. The molecule has 0 saturated carbocycles. The molecular weight excluding hydrogens is 450 g/mol. The monoisotopic (exact) mass is 473 g/mol. The summed E-state index contributed by atoms with van der Waals surface area (Å²) in [6.07, 6.45) is 0.338. The zero-order chi connectivity index (χ0) is 23.1. The number of aliphatic hydroxyl groups is 1. The minimum absolute atomic E-state index is 0.0183. The molecule has 3 aromatic carbocycles. The second kappa shape index (κ2) is 10.7. The molecule has 0 bridgehead atoms. The fourth-order valence-electron chi connectivity index (χ4n) is 3.34. The molecule has 0 aliphatic rings. The molecule has 0 unspecified atom stereocenters. The summed E-state index contributed by atoms with van der Waals surface area (Å²) >= 11 is 5.93.